The van der Waals surface area contributed by atoms with E-state index in [2.05, 4.69) is 57.3 Å². The van der Waals surface area contributed by atoms with Gasteiger partial charge in [-0.15, -0.1) is 0 Å². The van der Waals surface area contributed by atoms with Gasteiger partial charge < -0.3 is 10.2 Å². The van der Waals surface area contributed by atoms with E-state index in [0.717, 1.165) is 19.6 Å². The first-order valence-electron chi connectivity index (χ1n) is 9.31. The van der Waals surface area contributed by atoms with Crippen LogP contribution < -0.4 is 5.32 Å². The third-order valence-corrected chi connectivity index (χ3v) is 5.53. The maximum absolute atomic E-state index is 12.7. The molecule has 0 bridgehead atoms. The maximum atomic E-state index is 12.7. The van der Waals surface area contributed by atoms with Gasteiger partial charge in [0.1, 0.15) is 0 Å². The smallest absolute Gasteiger partial charge is 0.222 e. The van der Waals surface area contributed by atoms with Crippen molar-refractivity contribution in [2.45, 2.75) is 52.4 Å². The summed E-state index contributed by atoms with van der Waals surface area (Å²) in [5, 5.41) is 3.46. The van der Waals surface area contributed by atoms with E-state index in [1.165, 1.54) is 24.0 Å². The van der Waals surface area contributed by atoms with Crippen LogP contribution in [0, 0.1) is 18.8 Å². The molecule has 2 rings (SSSR count). The summed E-state index contributed by atoms with van der Waals surface area (Å²) < 4.78 is 0. The van der Waals surface area contributed by atoms with Gasteiger partial charge >= 0.3 is 0 Å². The molecule has 1 aromatic rings. The predicted octanol–water partition coefficient (Wildman–Crippen LogP) is 3.76. The van der Waals surface area contributed by atoms with E-state index in [4.69, 9.17) is 0 Å². The lowest BCUT2D eigenvalue weighted by molar-refractivity contribution is -0.131. The minimum atomic E-state index is -0.0340. The van der Waals surface area contributed by atoms with Crippen LogP contribution in [0.1, 0.15) is 51.2 Å². The summed E-state index contributed by atoms with van der Waals surface area (Å²) in [6.45, 7) is 11.7. The zero-order valence-electron chi connectivity index (χ0n) is 16.1. The first-order valence-corrected chi connectivity index (χ1v) is 9.31. The molecule has 0 aliphatic carbocycles. The quantitative estimate of drug-likeness (QED) is 0.861. The number of carbonyl (C=O) groups is 1. The number of likely N-dealkylation sites (N-methyl/N-ethyl adjacent to an activating group) is 1. The van der Waals surface area contributed by atoms with Crippen LogP contribution in [-0.4, -0.2) is 37.5 Å². The fourth-order valence-electron chi connectivity index (χ4n) is 3.74. The molecule has 2 unspecified atom stereocenters. The average molecular weight is 331 g/mol. The minimum Gasteiger partial charge on any atom is -0.345 e. The minimum absolute atomic E-state index is 0.0340. The lowest BCUT2D eigenvalue weighted by Crippen LogP contribution is -2.40. The predicted molar refractivity (Wildman–Crippen MR) is 101 cm³/mol. The normalized spacial score (nSPS) is 19.8. The molecule has 1 heterocycles. The summed E-state index contributed by atoms with van der Waals surface area (Å²) in [7, 11) is 1.95. The van der Waals surface area contributed by atoms with E-state index in [1.54, 1.807) is 0 Å². The third kappa shape index (κ3) is 5.07. The Morgan fingerprint density at radius 3 is 2.58 bits per heavy atom. The van der Waals surface area contributed by atoms with Gasteiger partial charge in [0, 0.05) is 25.4 Å². The van der Waals surface area contributed by atoms with Crippen molar-refractivity contribution < 1.29 is 4.79 Å². The summed E-state index contributed by atoms with van der Waals surface area (Å²) in [4.78, 5) is 14.6. The van der Waals surface area contributed by atoms with E-state index in [9.17, 15) is 4.79 Å². The van der Waals surface area contributed by atoms with Crippen LogP contribution in [0.15, 0.2) is 24.3 Å². The molecule has 0 saturated carbocycles. The Labute approximate surface area is 147 Å². The fourth-order valence-corrected chi connectivity index (χ4v) is 3.74. The molecule has 1 saturated heterocycles. The Bertz CT molecular complexity index is 529. The highest BCUT2D eigenvalue weighted by Gasteiger charge is 2.27. The highest BCUT2D eigenvalue weighted by molar-refractivity contribution is 5.76. The number of piperidine rings is 1. The molecule has 1 aromatic carbocycles. The highest BCUT2D eigenvalue weighted by atomic mass is 16.2. The van der Waals surface area contributed by atoms with Crippen LogP contribution in [0.5, 0.6) is 0 Å². The number of amides is 1. The van der Waals surface area contributed by atoms with Crippen molar-refractivity contribution in [3.8, 4) is 0 Å². The van der Waals surface area contributed by atoms with Crippen molar-refractivity contribution >= 4 is 5.91 Å². The van der Waals surface area contributed by atoms with Gasteiger partial charge in [0.05, 0.1) is 0 Å². The van der Waals surface area contributed by atoms with Crippen LogP contribution in [0.3, 0.4) is 0 Å². The lowest BCUT2D eigenvalue weighted by Gasteiger charge is -2.33. The molecular formula is C21H34N2O. The Morgan fingerprint density at radius 1 is 1.33 bits per heavy atom. The van der Waals surface area contributed by atoms with E-state index < -0.39 is 0 Å². The zero-order valence-corrected chi connectivity index (χ0v) is 16.1. The van der Waals surface area contributed by atoms with Crippen molar-refractivity contribution in [3.63, 3.8) is 0 Å². The Morgan fingerprint density at radius 2 is 2.00 bits per heavy atom. The van der Waals surface area contributed by atoms with Crippen molar-refractivity contribution in [1.82, 2.24) is 10.2 Å². The summed E-state index contributed by atoms with van der Waals surface area (Å²) in [6, 6.07) is 8.67. The topological polar surface area (TPSA) is 32.3 Å². The highest BCUT2D eigenvalue weighted by Crippen LogP contribution is 2.26. The van der Waals surface area contributed by atoms with E-state index >= 15 is 0 Å². The fraction of sp³-hybridized carbons (Fsp3) is 0.667. The van der Waals surface area contributed by atoms with Gasteiger partial charge in [0.25, 0.3) is 0 Å². The summed E-state index contributed by atoms with van der Waals surface area (Å²) in [5.41, 5.74) is 2.53. The molecule has 1 N–H and O–H groups in total. The van der Waals surface area contributed by atoms with Crippen LogP contribution in [0.25, 0.3) is 0 Å². The van der Waals surface area contributed by atoms with Crippen LogP contribution in [-0.2, 0) is 10.2 Å². The molecule has 1 fully saturated rings. The first-order chi connectivity index (χ1) is 11.3. The van der Waals surface area contributed by atoms with Gasteiger partial charge in [-0.2, -0.15) is 0 Å². The molecular weight excluding hydrogens is 296 g/mol. The SMILES string of the molecule is Cc1ccc(C(C)(C)CN(C)C(=O)CC(C)C2CCCNC2)cc1. The molecule has 1 aliphatic rings. The number of nitrogens with zero attached hydrogens (tertiary/aromatic N) is 1. The first kappa shape index (κ1) is 19.0. The number of carbonyl (C=O) groups excluding carboxylic acids is 1. The lowest BCUT2D eigenvalue weighted by atomic mass is 9.83. The van der Waals surface area contributed by atoms with Crippen molar-refractivity contribution in [2.75, 3.05) is 26.7 Å². The Kier molecular flexibility index (Phi) is 6.45. The molecule has 1 aliphatic heterocycles. The standard InChI is InChI=1S/C21H34N2O/c1-16-8-10-19(11-9-16)21(3,4)15-23(5)20(24)13-17(2)18-7-6-12-22-14-18/h8-11,17-18,22H,6-7,12-15H2,1-5H3. The molecule has 24 heavy (non-hydrogen) atoms. The number of aryl methyl sites for hydroxylation is 1. The number of benzene rings is 1. The molecule has 1 amide bonds. The van der Waals surface area contributed by atoms with E-state index in [0.29, 0.717) is 18.3 Å². The van der Waals surface area contributed by atoms with Gasteiger partial charge in [-0.25, -0.2) is 0 Å². The van der Waals surface area contributed by atoms with Crippen LogP contribution >= 0.6 is 0 Å². The molecule has 0 spiro atoms. The van der Waals surface area contributed by atoms with E-state index in [-0.39, 0.29) is 11.3 Å². The summed E-state index contributed by atoms with van der Waals surface area (Å²) in [6.07, 6.45) is 3.15. The van der Waals surface area contributed by atoms with Gasteiger partial charge in [-0.3, -0.25) is 4.79 Å². The monoisotopic (exact) mass is 330 g/mol. The van der Waals surface area contributed by atoms with Crippen LogP contribution in [0.4, 0.5) is 0 Å². The summed E-state index contributed by atoms with van der Waals surface area (Å²) >= 11 is 0. The molecule has 134 valence electrons. The maximum Gasteiger partial charge on any atom is 0.222 e. The second-order valence-corrected chi connectivity index (χ2v) is 8.29. The number of hydrogen-bond donors (Lipinski definition) is 1. The largest absolute Gasteiger partial charge is 0.345 e. The second-order valence-electron chi connectivity index (χ2n) is 8.29. The zero-order chi connectivity index (χ0) is 17.7. The van der Waals surface area contributed by atoms with Gasteiger partial charge in [0.2, 0.25) is 5.91 Å². The molecule has 3 heteroatoms. The number of rotatable bonds is 6. The number of hydrogen-bond acceptors (Lipinski definition) is 2. The third-order valence-electron chi connectivity index (χ3n) is 5.53. The van der Waals surface area contributed by atoms with Gasteiger partial charge in [-0.05, 0) is 50.3 Å². The molecule has 3 nitrogen and oxygen atoms in total. The van der Waals surface area contributed by atoms with Gasteiger partial charge in [0.15, 0.2) is 0 Å². The van der Waals surface area contributed by atoms with Crippen molar-refractivity contribution in [1.29, 1.82) is 0 Å². The number of nitrogens with one attached hydrogen (secondary N) is 1. The van der Waals surface area contributed by atoms with Gasteiger partial charge in [-0.1, -0.05) is 50.6 Å². The molecule has 0 aromatic heterocycles. The Hall–Kier alpha value is -1.35. The Balaban J connectivity index is 1.91. The molecule has 2 atom stereocenters. The summed E-state index contributed by atoms with van der Waals surface area (Å²) in [5.74, 6) is 1.37. The van der Waals surface area contributed by atoms with Crippen molar-refractivity contribution in [3.05, 3.63) is 35.4 Å². The van der Waals surface area contributed by atoms with Crippen molar-refractivity contribution in [2.24, 2.45) is 11.8 Å². The average Bonchev–Trinajstić information content (AvgIpc) is 2.55. The van der Waals surface area contributed by atoms with E-state index in [1.807, 2.05) is 11.9 Å². The molecule has 0 radical (unpaired) electrons. The second kappa shape index (κ2) is 8.15. The van der Waals surface area contributed by atoms with Crippen LogP contribution in [0.2, 0.25) is 0 Å².